The van der Waals surface area contributed by atoms with Crippen molar-refractivity contribution in [2.45, 2.75) is 0 Å². The zero-order chi connectivity index (χ0) is 13.8. The molecule has 0 aromatic heterocycles. The largest absolute Gasteiger partial charge is 0.250 e. The van der Waals surface area contributed by atoms with Crippen LogP contribution in [0.3, 0.4) is 0 Å². The van der Waals surface area contributed by atoms with E-state index in [0.29, 0.717) is 0 Å². The highest BCUT2D eigenvalue weighted by Gasteiger charge is 2.43. The van der Waals surface area contributed by atoms with E-state index in [1.165, 1.54) is 0 Å². The van der Waals surface area contributed by atoms with Gasteiger partial charge in [-0.3, -0.25) is 8.78 Å². The van der Waals surface area contributed by atoms with Crippen LogP contribution in [-0.4, -0.2) is 39.3 Å². The first kappa shape index (κ1) is 15.5. The summed E-state index contributed by atoms with van der Waals surface area (Å²) in [5.74, 6) is -1.49. The van der Waals surface area contributed by atoms with Gasteiger partial charge in [0.15, 0.2) is 0 Å². The topological polar surface area (TPSA) is 0 Å². The number of allylic oxidation sites excluding steroid dienone is 4. The second-order valence-corrected chi connectivity index (χ2v) is 4.55. The summed E-state index contributed by atoms with van der Waals surface area (Å²) in [7, 11) is 0. The van der Waals surface area contributed by atoms with Crippen molar-refractivity contribution in [3.63, 3.8) is 0 Å². The molecule has 0 spiro atoms. The third-order valence-corrected chi connectivity index (χ3v) is 3.92. The molecular formula is C12H14ClF5. The minimum atomic E-state index is -1.49. The molecule has 18 heavy (non-hydrogen) atoms. The third kappa shape index (κ3) is 2.42. The summed E-state index contributed by atoms with van der Waals surface area (Å²) in [6.07, 6.45) is 1.12. The first-order valence-corrected chi connectivity index (χ1v) is 5.97. The molecule has 0 amide bonds. The predicted molar refractivity (Wildman–Crippen MR) is 61.6 cm³/mol. The maximum absolute atomic E-state index is 13.2. The van der Waals surface area contributed by atoms with Crippen molar-refractivity contribution in [1.82, 2.24) is 0 Å². The maximum Gasteiger partial charge on any atom is 0.115 e. The highest BCUT2D eigenvalue weighted by molar-refractivity contribution is 6.18. The maximum atomic E-state index is 13.2. The molecule has 2 atom stereocenters. The van der Waals surface area contributed by atoms with E-state index in [1.54, 1.807) is 0 Å². The summed E-state index contributed by atoms with van der Waals surface area (Å²) < 4.78 is 64.9. The van der Waals surface area contributed by atoms with Crippen LogP contribution in [0.1, 0.15) is 0 Å². The molecule has 1 rings (SSSR count). The van der Waals surface area contributed by atoms with Crippen LogP contribution in [0.25, 0.3) is 0 Å². The molecule has 0 heterocycles. The van der Waals surface area contributed by atoms with Gasteiger partial charge in [-0.25, -0.2) is 13.2 Å². The summed E-state index contributed by atoms with van der Waals surface area (Å²) in [5, 5.41) is 0. The fraction of sp³-hybridized carbons (Fsp3) is 0.667. The van der Waals surface area contributed by atoms with Gasteiger partial charge in [-0.2, -0.15) is 0 Å². The Hall–Kier alpha value is -0.580. The molecule has 6 heteroatoms. The van der Waals surface area contributed by atoms with Gasteiger partial charge in [-0.15, -0.1) is 11.6 Å². The predicted octanol–water partition coefficient (Wildman–Crippen LogP) is 3.91. The van der Waals surface area contributed by atoms with Crippen LogP contribution in [0.2, 0.25) is 0 Å². The lowest BCUT2D eigenvalue weighted by atomic mass is 9.68. The molecule has 0 saturated carbocycles. The standard InChI is InChI=1S/C12H14ClF5/c13-6-12(7-18)1-8(2-14)9(3-15)10(4-16)11(12)5-17/h1,11H,2-7H2. The molecule has 0 nitrogen and oxygen atoms in total. The van der Waals surface area contributed by atoms with Crippen LogP contribution in [-0.2, 0) is 0 Å². The fourth-order valence-electron chi connectivity index (χ4n) is 2.31. The van der Waals surface area contributed by atoms with Gasteiger partial charge in [-0.05, 0) is 16.7 Å². The Bertz CT molecular complexity index is 346. The van der Waals surface area contributed by atoms with Crippen molar-refractivity contribution < 1.29 is 22.0 Å². The third-order valence-electron chi connectivity index (χ3n) is 3.42. The van der Waals surface area contributed by atoms with E-state index in [1.807, 2.05) is 0 Å². The lowest BCUT2D eigenvalue weighted by molar-refractivity contribution is 0.175. The zero-order valence-electron chi connectivity index (χ0n) is 9.67. The number of hydrogen-bond acceptors (Lipinski definition) is 0. The summed E-state index contributed by atoms with van der Waals surface area (Å²) in [5.41, 5.74) is -2.03. The molecule has 0 N–H and O–H groups in total. The summed E-state index contributed by atoms with van der Waals surface area (Å²) in [4.78, 5) is 0. The van der Waals surface area contributed by atoms with Crippen molar-refractivity contribution in [3.05, 3.63) is 22.8 Å². The summed E-state index contributed by atoms with van der Waals surface area (Å²) in [6.45, 7) is -5.40. The van der Waals surface area contributed by atoms with Crippen LogP contribution in [0.5, 0.6) is 0 Å². The molecular weight excluding hydrogens is 275 g/mol. The molecule has 1 aliphatic carbocycles. The van der Waals surface area contributed by atoms with Crippen molar-refractivity contribution in [3.8, 4) is 0 Å². The van der Waals surface area contributed by atoms with Gasteiger partial charge < -0.3 is 0 Å². The quantitative estimate of drug-likeness (QED) is 0.513. The highest BCUT2D eigenvalue weighted by Crippen LogP contribution is 2.44. The van der Waals surface area contributed by atoms with E-state index in [4.69, 9.17) is 11.6 Å². The van der Waals surface area contributed by atoms with Crippen molar-refractivity contribution >= 4 is 11.6 Å². The minimum Gasteiger partial charge on any atom is -0.250 e. The van der Waals surface area contributed by atoms with Gasteiger partial charge in [0.1, 0.15) is 26.7 Å². The average molecular weight is 289 g/mol. The van der Waals surface area contributed by atoms with Crippen molar-refractivity contribution in [2.24, 2.45) is 11.3 Å². The SMILES string of the molecule is FCC1=CC(CF)(CCl)C(CF)C(CF)=C1CF. The van der Waals surface area contributed by atoms with Gasteiger partial charge in [0, 0.05) is 17.2 Å². The first-order chi connectivity index (χ1) is 8.63. The van der Waals surface area contributed by atoms with Crippen LogP contribution >= 0.6 is 11.6 Å². The van der Waals surface area contributed by atoms with E-state index < -0.39 is 44.7 Å². The first-order valence-electron chi connectivity index (χ1n) is 5.43. The van der Waals surface area contributed by atoms with Gasteiger partial charge in [-0.1, -0.05) is 6.08 Å². The zero-order valence-corrected chi connectivity index (χ0v) is 10.4. The molecule has 0 aromatic rings. The fourth-order valence-corrected chi connectivity index (χ4v) is 2.64. The van der Waals surface area contributed by atoms with Crippen LogP contribution in [0.4, 0.5) is 22.0 Å². The van der Waals surface area contributed by atoms with E-state index >= 15 is 0 Å². The van der Waals surface area contributed by atoms with E-state index in [9.17, 15) is 22.0 Å². The lowest BCUT2D eigenvalue weighted by Crippen LogP contribution is -2.40. The Morgan fingerprint density at radius 3 is 2.06 bits per heavy atom. The van der Waals surface area contributed by atoms with E-state index in [2.05, 4.69) is 0 Å². The van der Waals surface area contributed by atoms with Crippen molar-refractivity contribution in [1.29, 1.82) is 0 Å². The Morgan fingerprint density at radius 2 is 1.72 bits per heavy atom. The Balaban J connectivity index is 3.37. The van der Waals surface area contributed by atoms with E-state index in [-0.39, 0.29) is 22.6 Å². The Morgan fingerprint density at radius 1 is 1.06 bits per heavy atom. The molecule has 0 saturated heterocycles. The molecule has 0 fully saturated rings. The lowest BCUT2D eigenvalue weighted by Gasteiger charge is -2.39. The number of halogens is 6. The van der Waals surface area contributed by atoms with Gasteiger partial charge >= 0.3 is 0 Å². The second-order valence-electron chi connectivity index (χ2n) is 4.28. The normalized spacial score (nSPS) is 28.6. The van der Waals surface area contributed by atoms with Crippen LogP contribution in [0, 0.1) is 11.3 Å². The van der Waals surface area contributed by atoms with Gasteiger partial charge in [0.2, 0.25) is 0 Å². The molecule has 104 valence electrons. The molecule has 0 radical (unpaired) electrons. The average Bonchev–Trinajstić information content (AvgIpc) is 2.44. The van der Waals surface area contributed by atoms with Crippen LogP contribution in [0.15, 0.2) is 22.8 Å². The monoisotopic (exact) mass is 288 g/mol. The van der Waals surface area contributed by atoms with E-state index in [0.717, 1.165) is 6.08 Å². The summed E-state index contributed by atoms with van der Waals surface area (Å²) >= 11 is 5.63. The Labute approximate surface area is 107 Å². The van der Waals surface area contributed by atoms with Crippen LogP contribution < -0.4 is 0 Å². The molecule has 0 bridgehead atoms. The number of hydrogen-bond donors (Lipinski definition) is 0. The Kier molecular flexibility index (Phi) is 5.63. The van der Waals surface area contributed by atoms with Gasteiger partial charge in [0.25, 0.3) is 0 Å². The smallest absolute Gasteiger partial charge is 0.115 e. The second kappa shape index (κ2) is 6.55. The molecule has 0 aromatic carbocycles. The molecule has 2 unspecified atom stereocenters. The van der Waals surface area contributed by atoms with Gasteiger partial charge in [0.05, 0.1) is 6.67 Å². The van der Waals surface area contributed by atoms with Crippen molar-refractivity contribution in [2.75, 3.05) is 39.3 Å². The molecule has 1 aliphatic rings. The number of alkyl halides is 6. The summed E-state index contributed by atoms with van der Waals surface area (Å²) in [6, 6.07) is 0. The minimum absolute atomic E-state index is 0.131. The highest BCUT2D eigenvalue weighted by atomic mass is 35.5. The number of rotatable bonds is 6. The molecule has 0 aliphatic heterocycles.